The first kappa shape index (κ1) is 18.4. The summed E-state index contributed by atoms with van der Waals surface area (Å²) in [6, 6.07) is 8.94. The van der Waals surface area contributed by atoms with Crippen LogP contribution in [0, 0.1) is 0 Å². The van der Waals surface area contributed by atoms with Crippen LogP contribution in [0.3, 0.4) is 0 Å². The lowest BCUT2D eigenvalue weighted by Crippen LogP contribution is -2.11. The van der Waals surface area contributed by atoms with Gasteiger partial charge in [-0.05, 0) is 29.4 Å². The maximum Gasteiger partial charge on any atom is 0.157 e. The van der Waals surface area contributed by atoms with Crippen LogP contribution in [0.5, 0.6) is 0 Å². The molecule has 0 unspecified atom stereocenters. The number of ether oxygens (including phenoxy) is 1. The predicted molar refractivity (Wildman–Crippen MR) is 106 cm³/mol. The first-order valence-electron chi connectivity index (χ1n) is 9.12. The molecule has 2 aromatic heterocycles. The number of rotatable bonds is 7. The van der Waals surface area contributed by atoms with Gasteiger partial charge in [0.2, 0.25) is 0 Å². The molecule has 0 aliphatic heterocycles. The minimum Gasteiger partial charge on any atom is -0.383 e. The van der Waals surface area contributed by atoms with E-state index < -0.39 is 0 Å². The molecule has 3 aromatic rings. The Bertz CT molecular complexity index is 847. The number of fused-ring (bicyclic) bond motifs is 1. The van der Waals surface area contributed by atoms with E-state index in [1.165, 1.54) is 11.1 Å². The molecular formula is C21H28N4O. The van der Waals surface area contributed by atoms with E-state index >= 15 is 0 Å². The van der Waals surface area contributed by atoms with Crippen LogP contribution in [-0.4, -0.2) is 34.6 Å². The molecule has 0 aliphatic rings. The van der Waals surface area contributed by atoms with Crippen molar-refractivity contribution in [2.45, 2.75) is 39.0 Å². The van der Waals surface area contributed by atoms with E-state index in [4.69, 9.17) is 9.72 Å². The Morgan fingerprint density at radius 3 is 2.58 bits per heavy atom. The number of anilines is 1. The van der Waals surface area contributed by atoms with Gasteiger partial charge >= 0.3 is 0 Å². The highest BCUT2D eigenvalue weighted by atomic mass is 16.5. The molecule has 0 amide bonds. The number of methoxy groups -OCH3 is 1. The molecule has 0 atom stereocenters. The lowest BCUT2D eigenvalue weighted by atomic mass is 9.86. The first-order chi connectivity index (χ1) is 12.5. The zero-order valence-electron chi connectivity index (χ0n) is 16.1. The van der Waals surface area contributed by atoms with Crippen LogP contribution >= 0.6 is 0 Å². The molecule has 5 nitrogen and oxygen atoms in total. The van der Waals surface area contributed by atoms with Crippen molar-refractivity contribution in [2.24, 2.45) is 0 Å². The van der Waals surface area contributed by atoms with Gasteiger partial charge in [0, 0.05) is 26.0 Å². The van der Waals surface area contributed by atoms with Gasteiger partial charge in [0.25, 0.3) is 0 Å². The molecule has 1 N–H and O–H groups in total. The molecule has 0 spiro atoms. The van der Waals surface area contributed by atoms with Crippen molar-refractivity contribution in [1.82, 2.24) is 14.4 Å². The third-order valence-electron chi connectivity index (χ3n) is 4.57. The molecule has 2 heterocycles. The van der Waals surface area contributed by atoms with E-state index in [1.807, 2.05) is 6.20 Å². The van der Waals surface area contributed by atoms with Gasteiger partial charge < -0.3 is 10.1 Å². The first-order valence-corrected chi connectivity index (χ1v) is 9.12. The minimum absolute atomic E-state index is 0.186. The van der Waals surface area contributed by atoms with Gasteiger partial charge in [0.1, 0.15) is 5.82 Å². The Balaban J connectivity index is 1.76. The number of hydrogen-bond donors (Lipinski definition) is 1. The van der Waals surface area contributed by atoms with Crippen molar-refractivity contribution in [3.63, 3.8) is 0 Å². The van der Waals surface area contributed by atoms with Crippen LogP contribution in [-0.2, 0) is 23.0 Å². The van der Waals surface area contributed by atoms with Gasteiger partial charge in [-0.1, -0.05) is 45.0 Å². The number of nitrogens with zero attached hydrogens (tertiary/aromatic N) is 3. The van der Waals surface area contributed by atoms with Gasteiger partial charge in [0.15, 0.2) is 5.65 Å². The van der Waals surface area contributed by atoms with Crippen LogP contribution < -0.4 is 5.32 Å². The normalized spacial score (nSPS) is 11.8. The second-order valence-corrected chi connectivity index (χ2v) is 7.58. The Morgan fingerprint density at radius 1 is 1.12 bits per heavy atom. The fourth-order valence-electron chi connectivity index (χ4n) is 3.02. The molecule has 0 saturated heterocycles. The van der Waals surface area contributed by atoms with Crippen molar-refractivity contribution in [3.05, 3.63) is 59.7 Å². The highest BCUT2D eigenvalue weighted by Crippen LogP contribution is 2.23. The largest absolute Gasteiger partial charge is 0.383 e. The summed E-state index contributed by atoms with van der Waals surface area (Å²) in [4.78, 5) is 8.94. The highest BCUT2D eigenvalue weighted by Gasteiger charge is 2.14. The number of hydrogen-bond acceptors (Lipinski definition) is 4. The van der Waals surface area contributed by atoms with Gasteiger partial charge in [-0.2, -0.15) is 0 Å². The monoisotopic (exact) mass is 352 g/mol. The topological polar surface area (TPSA) is 51.5 Å². The van der Waals surface area contributed by atoms with Gasteiger partial charge in [0.05, 0.1) is 18.5 Å². The van der Waals surface area contributed by atoms with Gasteiger partial charge in [-0.3, -0.25) is 9.38 Å². The second-order valence-electron chi connectivity index (χ2n) is 7.58. The second kappa shape index (κ2) is 7.87. The summed E-state index contributed by atoms with van der Waals surface area (Å²) in [5.41, 5.74) is 4.81. The maximum atomic E-state index is 5.16. The smallest absolute Gasteiger partial charge is 0.157 e. The number of benzene rings is 1. The molecule has 0 aliphatic carbocycles. The minimum atomic E-state index is 0.186. The lowest BCUT2D eigenvalue weighted by molar-refractivity contribution is 0.210. The van der Waals surface area contributed by atoms with E-state index in [0.717, 1.165) is 36.5 Å². The zero-order chi connectivity index (χ0) is 18.6. The lowest BCUT2D eigenvalue weighted by Gasteiger charge is -2.19. The van der Waals surface area contributed by atoms with Crippen molar-refractivity contribution >= 4 is 11.5 Å². The van der Waals surface area contributed by atoms with Crippen LogP contribution in [0.25, 0.3) is 5.65 Å². The standard InChI is InChI=1S/C21H28N4O/c1-21(2,3)17-8-5-16(6-9-17)7-10-18-20(23-12-14-26-4)25-13-11-22-15-19(25)24-18/h5-6,8-9,11,13,15,23H,7,10,12,14H2,1-4H3. The molecule has 3 rings (SSSR count). The van der Waals surface area contributed by atoms with Gasteiger partial charge in [-0.15, -0.1) is 0 Å². The van der Waals surface area contributed by atoms with Crippen molar-refractivity contribution in [1.29, 1.82) is 0 Å². The Kier molecular flexibility index (Phi) is 5.57. The SMILES string of the molecule is COCCNc1c(CCc2ccc(C(C)(C)C)cc2)nc2cnccn12. The number of aryl methyl sites for hydroxylation is 2. The molecule has 5 heteroatoms. The summed E-state index contributed by atoms with van der Waals surface area (Å²) in [6.45, 7) is 8.13. The molecule has 138 valence electrons. The summed E-state index contributed by atoms with van der Waals surface area (Å²) in [5.74, 6) is 1.03. The summed E-state index contributed by atoms with van der Waals surface area (Å²) >= 11 is 0. The summed E-state index contributed by atoms with van der Waals surface area (Å²) in [5, 5.41) is 3.45. The van der Waals surface area contributed by atoms with Crippen LogP contribution in [0.4, 0.5) is 5.82 Å². The average Bonchev–Trinajstić information content (AvgIpc) is 2.98. The third-order valence-corrected chi connectivity index (χ3v) is 4.57. The quantitative estimate of drug-likeness (QED) is 0.656. The number of aromatic nitrogens is 3. The molecule has 26 heavy (non-hydrogen) atoms. The van der Waals surface area contributed by atoms with E-state index in [1.54, 1.807) is 19.5 Å². The summed E-state index contributed by atoms with van der Waals surface area (Å²) < 4.78 is 7.21. The Hall–Kier alpha value is -2.40. The van der Waals surface area contributed by atoms with Crippen molar-refractivity contribution in [2.75, 3.05) is 25.6 Å². The zero-order valence-corrected chi connectivity index (χ0v) is 16.1. The molecular weight excluding hydrogens is 324 g/mol. The number of imidazole rings is 1. The molecule has 1 aromatic carbocycles. The Morgan fingerprint density at radius 2 is 1.88 bits per heavy atom. The fraction of sp³-hybridized carbons (Fsp3) is 0.429. The van der Waals surface area contributed by atoms with Gasteiger partial charge in [-0.25, -0.2) is 4.98 Å². The van der Waals surface area contributed by atoms with Crippen molar-refractivity contribution < 1.29 is 4.74 Å². The van der Waals surface area contributed by atoms with Crippen molar-refractivity contribution in [3.8, 4) is 0 Å². The van der Waals surface area contributed by atoms with E-state index in [9.17, 15) is 0 Å². The molecule has 0 fully saturated rings. The highest BCUT2D eigenvalue weighted by molar-refractivity contribution is 5.54. The third kappa shape index (κ3) is 4.22. The van der Waals surface area contributed by atoms with E-state index in [2.05, 4.69) is 59.7 Å². The molecule has 0 radical (unpaired) electrons. The van der Waals surface area contributed by atoms with E-state index in [-0.39, 0.29) is 5.41 Å². The Labute approximate surface area is 155 Å². The summed E-state index contributed by atoms with van der Waals surface area (Å²) in [7, 11) is 1.71. The number of nitrogens with one attached hydrogen (secondary N) is 1. The van der Waals surface area contributed by atoms with Crippen LogP contribution in [0.2, 0.25) is 0 Å². The van der Waals surface area contributed by atoms with Crippen LogP contribution in [0.15, 0.2) is 42.9 Å². The molecule has 0 saturated carbocycles. The maximum absolute atomic E-state index is 5.16. The average molecular weight is 352 g/mol. The van der Waals surface area contributed by atoms with E-state index in [0.29, 0.717) is 6.61 Å². The molecule has 0 bridgehead atoms. The van der Waals surface area contributed by atoms with Crippen LogP contribution in [0.1, 0.15) is 37.6 Å². The summed E-state index contributed by atoms with van der Waals surface area (Å²) in [6.07, 6.45) is 7.36. The fourth-order valence-corrected chi connectivity index (χ4v) is 3.02. The predicted octanol–water partition coefficient (Wildman–Crippen LogP) is 3.87.